The van der Waals surface area contributed by atoms with E-state index in [4.69, 9.17) is 0 Å². The molecular weight excluding hydrogens is 225 g/mol. The normalized spacial score (nSPS) is 12.2. The van der Waals surface area contributed by atoms with Crippen molar-refractivity contribution < 1.29 is 14.1 Å². The lowest BCUT2D eigenvalue weighted by Gasteiger charge is -2.10. The third-order valence-electron chi connectivity index (χ3n) is 2.70. The molecule has 0 saturated heterocycles. The summed E-state index contributed by atoms with van der Waals surface area (Å²) in [5, 5.41) is 10.6. The van der Waals surface area contributed by atoms with Gasteiger partial charge in [0.15, 0.2) is 0 Å². The molecule has 1 aromatic rings. The van der Waals surface area contributed by atoms with Crippen LogP contribution in [0.4, 0.5) is 10.1 Å². The number of nitrogens with zero attached hydrogens (tertiary/aromatic N) is 1. The SMILES string of the molecule is CCC(Cc1cc(F)cc([N+](=O)[O-])c1)C(C)=O. The second-order valence-electron chi connectivity index (χ2n) is 3.99. The summed E-state index contributed by atoms with van der Waals surface area (Å²) in [5.41, 5.74) is 0.206. The van der Waals surface area contributed by atoms with Gasteiger partial charge < -0.3 is 0 Å². The molecule has 92 valence electrons. The molecule has 0 amide bonds. The summed E-state index contributed by atoms with van der Waals surface area (Å²) in [5.74, 6) is -0.844. The van der Waals surface area contributed by atoms with E-state index in [1.807, 2.05) is 6.92 Å². The molecule has 0 aliphatic heterocycles. The van der Waals surface area contributed by atoms with Crippen LogP contribution in [0.25, 0.3) is 0 Å². The first kappa shape index (κ1) is 13.3. The summed E-state index contributed by atoms with van der Waals surface area (Å²) in [6, 6.07) is 3.42. The first-order chi connectivity index (χ1) is 7.93. The summed E-state index contributed by atoms with van der Waals surface area (Å²) >= 11 is 0. The highest BCUT2D eigenvalue weighted by Crippen LogP contribution is 2.20. The fraction of sp³-hybridized carbons (Fsp3) is 0.417. The number of Topliss-reactive ketones (excluding diaryl/α,β-unsaturated/α-hetero) is 1. The molecule has 1 rings (SSSR count). The van der Waals surface area contributed by atoms with Crippen LogP contribution in [0.5, 0.6) is 0 Å². The van der Waals surface area contributed by atoms with Crippen molar-refractivity contribution >= 4 is 11.5 Å². The highest BCUT2D eigenvalue weighted by molar-refractivity contribution is 5.78. The lowest BCUT2D eigenvalue weighted by Crippen LogP contribution is -2.13. The van der Waals surface area contributed by atoms with Crippen molar-refractivity contribution in [2.24, 2.45) is 5.92 Å². The van der Waals surface area contributed by atoms with Crippen molar-refractivity contribution in [1.82, 2.24) is 0 Å². The summed E-state index contributed by atoms with van der Waals surface area (Å²) in [6.07, 6.45) is 0.976. The Balaban J connectivity index is 2.98. The zero-order chi connectivity index (χ0) is 13.0. The Morgan fingerprint density at radius 3 is 2.59 bits per heavy atom. The van der Waals surface area contributed by atoms with Crippen molar-refractivity contribution in [2.75, 3.05) is 0 Å². The maximum absolute atomic E-state index is 13.2. The Hall–Kier alpha value is -1.78. The van der Waals surface area contributed by atoms with Crippen molar-refractivity contribution in [2.45, 2.75) is 26.7 Å². The molecular formula is C12H14FNO3. The van der Waals surface area contributed by atoms with Gasteiger partial charge in [-0.3, -0.25) is 14.9 Å². The molecule has 0 aliphatic carbocycles. The van der Waals surface area contributed by atoms with Crippen molar-refractivity contribution in [1.29, 1.82) is 0 Å². The number of carbonyl (C=O) groups excluding carboxylic acids is 1. The third kappa shape index (κ3) is 3.62. The van der Waals surface area contributed by atoms with Crippen LogP contribution >= 0.6 is 0 Å². The second-order valence-corrected chi connectivity index (χ2v) is 3.99. The van der Waals surface area contributed by atoms with Gasteiger partial charge in [0.2, 0.25) is 0 Å². The van der Waals surface area contributed by atoms with Gasteiger partial charge in [-0.05, 0) is 31.4 Å². The van der Waals surface area contributed by atoms with E-state index < -0.39 is 10.7 Å². The van der Waals surface area contributed by atoms with E-state index in [9.17, 15) is 19.3 Å². The Bertz CT molecular complexity index is 445. The average Bonchev–Trinajstić information content (AvgIpc) is 2.24. The van der Waals surface area contributed by atoms with Crippen molar-refractivity contribution in [3.8, 4) is 0 Å². The first-order valence-electron chi connectivity index (χ1n) is 5.38. The summed E-state index contributed by atoms with van der Waals surface area (Å²) in [7, 11) is 0. The number of non-ortho nitro benzene ring substituents is 1. The van der Waals surface area contributed by atoms with E-state index >= 15 is 0 Å². The van der Waals surface area contributed by atoms with Crippen LogP contribution in [0.15, 0.2) is 18.2 Å². The van der Waals surface area contributed by atoms with Gasteiger partial charge in [0.1, 0.15) is 11.6 Å². The van der Waals surface area contributed by atoms with Gasteiger partial charge in [-0.2, -0.15) is 0 Å². The molecule has 0 heterocycles. The van der Waals surface area contributed by atoms with Gasteiger partial charge >= 0.3 is 0 Å². The van der Waals surface area contributed by atoms with Crippen LogP contribution < -0.4 is 0 Å². The Kier molecular flexibility index (Phi) is 4.31. The predicted molar refractivity (Wildman–Crippen MR) is 61.2 cm³/mol. The topological polar surface area (TPSA) is 60.2 Å². The number of halogens is 1. The quantitative estimate of drug-likeness (QED) is 0.586. The molecule has 0 aromatic heterocycles. The zero-order valence-corrected chi connectivity index (χ0v) is 9.77. The molecule has 1 atom stereocenters. The molecule has 1 aromatic carbocycles. The van der Waals surface area contributed by atoms with Crippen molar-refractivity contribution in [3.05, 3.63) is 39.7 Å². The average molecular weight is 239 g/mol. The number of nitro groups is 1. The number of hydrogen-bond acceptors (Lipinski definition) is 3. The van der Waals surface area contributed by atoms with Crippen LogP contribution in [0.3, 0.4) is 0 Å². The Morgan fingerprint density at radius 1 is 1.47 bits per heavy atom. The summed E-state index contributed by atoms with van der Waals surface area (Å²) < 4.78 is 13.2. The first-order valence-corrected chi connectivity index (χ1v) is 5.38. The Labute approximate surface area is 98.6 Å². The van der Waals surface area contributed by atoms with Gasteiger partial charge in [-0.1, -0.05) is 6.92 Å². The Morgan fingerprint density at radius 2 is 2.12 bits per heavy atom. The molecule has 0 radical (unpaired) electrons. The maximum Gasteiger partial charge on any atom is 0.272 e. The second kappa shape index (κ2) is 5.52. The molecule has 5 heteroatoms. The van der Waals surface area contributed by atoms with Crippen LogP contribution in [-0.2, 0) is 11.2 Å². The third-order valence-corrected chi connectivity index (χ3v) is 2.70. The van der Waals surface area contributed by atoms with Crippen LogP contribution in [0.1, 0.15) is 25.8 Å². The fourth-order valence-electron chi connectivity index (χ4n) is 1.72. The van der Waals surface area contributed by atoms with Gasteiger partial charge in [0.05, 0.1) is 11.0 Å². The minimum atomic E-state index is -0.646. The molecule has 0 aliphatic rings. The largest absolute Gasteiger partial charge is 0.300 e. The number of rotatable bonds is 5. The lowest BCUT2D eigenvalue weighted by molar-refractivity contribution is -0.385. The molecule has 1 unspecified atom stereocenters. The predicted octanol–water partition coefficient (Wildman–Crippen LogP) is 2.89. The van der Waals surface area contributed by atoms with E-state index in [1.54, 1.807) is 0 Å². The highest BCUT2D eigenvalue weighted by Gasteiger charge is 2.16. The van der Waals surface area contributed by atoms with E-state index in [-0.39, 0.29) is 17.4 Å². The molecule has 0 spiro atoms. The van der Waals surface area contributed by atoms with Gasteiger partial charge in [0.25, 0.3) is 5.69 Å². The van der Waals surface area contributed by atoms with Crippen LogP contribution in [0, 0.1) is 21.8 Å². The van der Waals surface area contributed by atoms with Crippen LogP contribution in [-0.4, -0.2) is 10.7 Å². The minimum absolute atomic E-state index is 0.0133. The lowest BCUT2D eigenvalue weighted by atomic mass is 9.93. The molecule has 0 saturated carbocycles. The van der Waals surface area contributed by atoms with Gasteiger partial charge in [0, 0.05) is 12.0 Å². The van der Waals surface area contributed by atoms with Crippen LogP contribution in [0.2, 0.25) is 0 Å². The van der Waals surface area contributed by atoms with E-state index in [0.29, 0.717) is 18.4 Å². The highest BCUT2D eigenvalue weighted by atomic mass is 19.1. The molecule has 0 fully saturated rings. The number of ketones is 1. The number of carbonyl (C=O) groups is 1. The monoisotopic (exact) mass is 239 g/mol. The number of nitro benzene ring substituents is 1. The summed E-state index contributed by atoms with van der Waals surface area (Å²) in [6.45, 7) is 3.33. The zero-order valence-electron chi connectivity index (χ0n) is 9.77. The van der Waals surface area contributed by atoms with Gasteiger partial charge in [-0.25, -0.2) is 4.39 Å². The maximum atomic E-state index is 13.2. The molecule has 0 bridgehead atoms. The van der Waals surface area contributed by atoms with E-state index in [0.717, 1.165) is 6.07 Å². The fourth-order valence-corrected chi connectivity index (χ4v) is 1.72. The minimum Gasteiger partial charge on any atom is -0.300 e. The van der Waals surface area contributed by atoms with Gasteiger partial charge in [-0.15, -0.1) is 0 Å². The number of benzene rings is 1. The number of hydrogen-bond donors (Lipinski definition) is 0. The molecule has 17 heavy (non-hydrogen) atoms. The standard InChI is InChI=1S/C12H14FNO3/c1-3-10(8(2)15)4-9-5-11(13)7-12(6-9)14(16)17/h5-7,10H,3-4H2,1-2H3. The van der Waals surface area contributed by atoms with E-state index in [1.165, 1.54) is 19.1 Å². The van der Waals surface area contributed by atoms with E-state index in [2.05, 4.69) is 0 Å². The van der Waals surface area contributed by atoms with Crippen molar-refractivity contribution in [3.63, 3.8) is 0 Å². The smallest absolute Gasteiger partial charge is 0.272 e. The molecule has 0 N–H and O–H groups in total. The summed E-state index contributed by atoms with van der Waals surface area (Å²) in [4.78, 5) is 21.2. The molecule has 4 nitrogen and oxygen atoms in total.